The number of alkyl carbamates (subject to hydrolysis) is 1. The van der Waals surface area contributed by atoms with Gasteiger partial charge < -0.3 is 10.1 Å². The van der Waals surface area contributed by atoms with Gasteiger partial charge in [0.05, 0.1) is 0 Å². The number of rotatable bonds is 3. The van der Waals surface area contributed by atoms with Crippen molar-refractivity contribution in [3.05, 3.63) is 70.8 Å². The Balaban J connectivity index is 1.77. The number of hydrogen-bond donors (Lipinski definition) is 1. The van der Waals surface area contributed by atoms with Gasteiger partial charge in [0, 0.05) is 12.5 Å². The average Bonchev–Trinajstić information content (AvgIpc) is 2.71. The van der Waals surface area contributed by atoms with Crippen LogP contribution in [0.2, 0.25) is 0 Å². The molecule has 0 unspecified atom stereocenters. The summed E-state index contributed by atoms with van der Waals surface area (Å²) in [7, 11) is 0. The second kappa shape index (κ2) is 7.30. The van der Waals surface area contributed by atoms with Crippen LogP contribution in [-0.2, 0) is 17.6 Å². The zero-order valence-electron chi connectivity index (χ0n) is 15.3. The van der Waals surface area contributed by atoms with E-state index in [9.17, 15) is 4.79 Å². The summed E-state index contributed by atoms with van der Waals surface area (Å²) in [5.41, 5.74) is 5.14. The Kier molecular flexibility index (Phi) is 5.12. The van der Waals surface area contributed by atoms with Crippen LogP contribution in [0.15, 0.2) is 48.5 Å². The zero-order valence-corrected chi connectivity index (χ0v) is 15.3. The van der Waals surface area contributed by atoms with E-state index in [1.807, 2.05) is 20.8 Å². The van der Waals surface area contributed by atoms with E-state index in [1.165, 1.54) is 22.3 Å². The summed E-state index contributed by atoms with van der Waals surface area (Å²) in [5.74, 6) is 0.310. The summed E-state index contributed by atoms with van der Waals surface area (Å²) in [6, 6.07) is 17.4. The van der Waals surface area contributed by atoms with Crippen LogP contribution < -0.4 is 5.32 Å². The van der Waals surface area contributed by atoms with Gasteiger partial charge in [-0.2, -0.15) is 0 Å². The molecule has 0 spiro atoms. The van der Waals surface area contributed by atoms with E-state index in [-0.39, 0.29) is 6.09 Å². The van der Waals surface area contributed by atoms with E-state index in [4.69, 9.17) is 4.74 Å². The lowest BCUT2D eigenvalue weighted by atomic mass is 9.86. The van der Waals surface area contributed by atoms with Gasteiger partial charge in [-0.05, 0) is 62.3 Å². The van der Waals surface area contributed by atoms with Crippen molar-refractivity contribution in [1.82, 2.24) is 5.32 Å². The lowest BCUT2D eigenvalue weighted by molar-refractivity contribution is 0.0527. The number of hydrogen-bond acceptors (Lipinski definition) is 2. The number of carbonyl (C=O) groups excluding carboxylic acids is 1. The molecule has 0 atom stereocenters. The maximum Gasteiger partial charge on any atom is 0.407 e. The fourth-order valence-corrected chi connectivity index (χ4v) is 3.58. The molecule has 3 heteroatoms. The number of carbonyl (C=O) groups is 1. The molecule has 0 heterocycles. The molecular weight excluding hydrogens is 310 g/mol. The topological polar surface area (TPSA) is 38.3 Å². The van der Waals surface area contributed by atoms with Crippen LogP contribution >= 0.6 is 0 Å². The molecule has 0 aliphatic heterocycles. The molecule has 0 fully saturated rings. The highest BCUT2D eigenvalue weighted by Crippen LogP contribution is 2.36. The summed E-state index contributed by atoms with van der Waals surface area (Å²) >= 11 is 0. The molecule has 0 saturated heterocycles. The van der Waals surface area contributed by atoms with Gasteiger partial charge in [-0.1, -0.05) is 48.5 Å². The molecule has 132 valence electrons. The van der Waals surface area contributed by atoms with Gasteiger partial charge in [0.2, 0.25) is 0 Å². The summed E-state index contributed by atoms with van der Waals surface area (Å²) in [5, 5.41) is 2.91. The largest absolute Gasteiger partial charge is 0.444 e. The van der Waals surface area contributed by atoms with Gasteiger partial charge in [-0.3, -0.25) is 0 Å². The number of aryl methyl sites for hydroxylation is 2. The van der Waals surface area contributed by atoms with Crippen molar-refractivity contribution in [3.63, 3.8) is 0 Å². The van der Waals surface area contributed by atoms with Crippen molar-refractivity contribution in [2.24, 2.45) is 0 Å². The molecule has 1 N–H and O–H groups in total. The van der Waals surface area contributed by atoms with Crippen molar-refractivity contribution in [2.45, 2.75) is 51.6 Å². The van der Waals surface area contributed by atoms with Gasteiger partial charge in [0.15, 0.2) is 0 Å². The Bertz CT molecular complexity index is 698. The second-order valence-electron chi connectivity index (χ2n) is 7.67. The van der Waals surface area contributed by atoms with E-state index >= 15 is 0 Å². The Morgan fingerprint density at radius 1 is 1.00 bits per heavy atom. The Morgan fingerprint density at radius 2 is 1.52 bits per heavy atom. The van der Waals surface area contributed by atoms with Gasteiger partial charge in [0.1, 0.15) is 5.60 Å². The van der Waals surface area contributed by atoms with Crippen LogP contribution in [0.5, 0.6) is 0 Å². The summed E-state index contributed by atoms with van der Waals surface area (Å²) in [6.07, 6.45) is 2.67. The first-order valence-corrected chi connectivity index (χ1v) is 9.06. The molecule has 1 aliphatic rings. The first-order valence-electron chi connectivity index (χ1n) is 9.06. The van der Waals surface area contributed by atoms with Crippen LogP contribution in [-0.4, -0.2) is 18.2 Å². The SMILES string of the molecule is CC(C)(C)OC(=O)NCCC1c2ccccc2CCc2ccccc21. The highest BCUT2D eigenvalue weighted by Gasteiger charge is 2.23. The third kappa shape index (κ3) is 4.41. The standard InChI is InChI=1S/C22H27NO2/c1-22(2,3)25-21(24)23-15-14-20-18-10-6-4-8-16(18)12-13-17-9-5-7-11-19(17)20/h4-11,20H,12-15H2,1-3H3,(H,23,24). The molecule has 0 aromatic heterocycles. The maximum absolute atomic E-state index is 11.9. The molecular formula is C22H27NO2. The number of ether oxygens (including phenoxy) is 1. The zero-order chi connectivity index (χ0) is 17.9. The van der Waals surface area contributed by atoms with Crippen molar-refractivity contribution in [3.8, 4) is 0 Å². The molecule has 1 aliphatic carbocycles. The van der Waals surface area contributed by atoms with Crippen LogP contribution in [0.3, 0.4) is 0 Å². The molecule has 2 aromatic carbocycles. The lowest BCUT2D eigenvalue weighted by Gasteiger charge is -2.22. The Hall–Kier alpha value is -2.29. The van der Waals surface area contributed by atoms with Crippen molar-refractivity contribution in [2.75, 3.05) is 6.54 Å². The smallest absolute Gasteiger partial charge is 0.407 e. The van der Waals surface area contributed by atoms with Crippen molar-refractivity contribution >= 4 is 6.09 Å². The van der Waals surface area contributed by atoms with Crippen LogP contribution in [0, 0.1) is 0 Å². The fourth-order valence-electron chi connectivity index (χ4n) is 3.58. The van der Waals surface area contributed by atoms with Crippen LogP contribution in [0.1, 0.15) is 55.4 Å². The highest BCUT2D eigenvalue weighted by molar-refractivity contribution is 5.67. The third-order valence-electron chi connectivity index (χ3n) is 4.63. The molecule has 0 saturated carbocycles. The Labute approximate surface area is 150 Å². The number of amides is 1. The molecule has 2 aromatic rings. The molecule has 0 radical (unpaired) electrons. The van der Waals surface area contributed by atoms with E-state index in [0.29, 0.717) is 12.5 Å². The van der Waals surface area contributed by atoms with E-state index in [1.54, 1.807) is 0 Å². The van der Waals surface area contributed by atoms with Gasteiger partial charge in [-0.15, -0.1) is 0 Å². The maximum atomic E-state index is 11.9. The molecule has 0 bridgehead atoms. The minimum absolute atomic E-state index is 0.310. The van der Waals surface area contributed by atoms with Crippen molar-refractivity contribution in [1.29, 1.82) is 0 Å². The number of fused-ring (bicyclic) bond motifs is 2. The molecule has 25 heavy (non-hydrogen) atoms. The predicted octanol–water partition coefficient (Wildman–Crippen LogP) is 4.83. The minimum atomic E-state index is -0.467. The number of nitrogens with one attached hydrogen (secondary N) is 1. The van der Waals surface area contributed by atoms with Crippen LogP contribution in [0.4, 0.5) is 4.79 Å². The monoisotopic (exact) mass is 337 g/mol. The quantitative estimate of drug-likeness (QED) is 0.871. The third-order valence-corrected chi connectivity index (χ3v) is 4.63. The molecule has 3 rings (SSSR count). The number of benzene rings is 2. The summed E-state index contributed by atoms with van der Waals surface area (Å²) in [4.78, 5) is 11.9. The van der Waals surface area contributed by atoms with Gasteiger partial charge >= 0.3 is 6.09 Å². The first-order chi connectivity index (χ1) is 11.9. The lowest BCUT2D eigenvalue weighted by Crippen LogP contribution is -2.33. The fraction of sp³-hybridized carbons (Fsp3) is 0.409. The first kappa shape index (κ1) is 17.5. The van der Waals surface area contributed by atoms with Gasteiger partial charge in [0.25, 0.3) is 0 Å². The van der Waals surface area contributed by atoms with Crippen molar-refractivity contribution < 1.29 is 9.53 Å². The summed E-state index contributed by atoms with van der Waals surface area (Å²) < 4.78 is 5.34. The van der Waals surface area contributed by atoms with E-state index < -0.39 is 5.60 Å². The normalized spacial score (nSPS) is 14.2. The highest BCUT2D eigenvalue weighted by atomic mass is 16.6. The molecule has 1 amide bonds. The molecule has 3 nitrogen and oxygen atoms in total. The van der Waals surface area contributed by atoms with E-state index in [0.717, 1.165) is 19.3 Å². The van der Waals surface area contributed by atoms with E-state index in [2.05, 4.69) is 53.8 Å². The summed E-state index contributed by atoms with van der Waals surface area (Å²) in [6.45, 7) is 6.24. The van der Waals surface area contributed by atoms with Crippen LogP contribution in [0.25, 0.3) is 0 Å². The average molecular weight is 337 g/mol. The minimum Gasteiger partial charge on any atom is -0.444 e. The predicted molar refractivity (Wildman–Crippen MR) is 101 cm³/mol. The second-order valence-corrected chi connectivity index (χ2v) is 7.67. The van der Waals surface area contributed by atoms with Gasteiger partial charge in [-0.25, -0.2) is 4.79 Å². The Morgan fingerprint density at radius 3 is 2.04 bits per heavy atom.